The summed E-state index contributed by atoms with van der Waals surface area (Å²) in [4.78, 5) is 20.2. The number of ether oxygens (including phenoxy) is 1. The molecule has 0 N–H and O–H groups in total. The quantitative estimate of drug-likeness (QED) is 0.796. The third-order valence-electron chi connectivity index (χ3n) is 3.01. The monoisotopic (exact) mass is 275 g/mol. The summed E-state index contributed by atoms with van der Waals surface area (Å²) in [6, 6.07) is 1.81. The molecule has 20 heavy (non-hydrogen) atoms. The van der Waals surface area contributed by atoms with E-state index in [2.05, 4.69) is 15.1 Å². The van der Waals surface area contributed by atoms with Crippen molar-refractivity contribution in [3.63, 3.8) is 0 Å². The first kappa shape index (κ1) is 14.2. The second-order valence-electron chi connectivity index (χ2n) is 4.96. The second-order valence-corrected chi connectivity index (χ2v) is 4.96. The number of esters is 1. The minimum Gasteiger partial charge on any atom is -0.465 e. The Labute approximate surface area is 117 Å². The predicted molar refractivity (Wildman–Crippen MR) is 71.9 cm³/mol. The van der Waals surface area contributed by atoms with Crippen LogP contribution >= 0.6 is 0 Å². The standard InChI is InChI=1S/C14H17N3O3/c1-5-19-13(18)14(3,4)12-16-11(17-20-12)10-6-7-15-8-9(10)2/h6-8H,5H2,1-4H3. The van der Waals surface area contributed by atoms with Crippen LogP contribution in [0, 0.1) is 6.92 Å². The Morgan fingerprint density at radius 3 is 2.85 bits per heavy atom. The fourth-order valence-electron chi connectivity index (χ4n) is 1.71. The molecule has 2 rings (SSSR count). The summed E-state index contributed by atoms with van der Waals surface area (Å²) in [5.74, 6) is 0.293. The van der Waals surface area contributed by atoms with Crippen molar-refractivity contribution in [2.75, 3.05) is 6.61 Å². The van der Waals surface area contributed by atoms with Gasteiger partial charge in [0, 0.05) is 18.0 Å². The predicted octanol–water partition coefficient (Wildman–Crippen LogP) is 2.28. The summed E-state index contributed by atoms with van der Waals surface area (Å²) >= 11 is 0. The molecule has 106 valence electrons. The van der Waals surface area contributed by atoms with Crippen LogP contribution in [0.2, 0.25) is 0 Å². The van der Waals surface area contributed by atoms with Crippen LogP contribution in [0.15, 0.2) is 23.0 Å². The van der Waals surface area contributed by atoms with Crippen LogP contribution < -0.4 is 0 Å². The fraction of sp³-hybridized carbons (Fsp3) is 0.429. The number of nitrogens with zero attached hydrogens (tertiary/aromatic N) is 3. The fourth-order valence-corrected chi connectivity index (χ4v) is 1.71. The van der Waals surface area contributed by atoms with Crippen LogP contribution in [-0.4, -0.2) is 27.7 Å². The van der Waals surface area contributed by atoms with E-state index in [1.165, 1.54) is 0 Å². The van der Waals surface area contributed by atoms with Crippen molar-refractivity contribution < 1.29 is 14.1 Å². The molecule has 2 heterocycles. The number of rotatable bonds is 4. The molecule has 2 aromatic rings. The first-order chi connectivity index (χ1) is 9.46. The largest absolute Gasteiger partial charge is 0.465 e. The minimum absolute atomic E-state index is 0.238. The normalized spacial score (nSPS) is 11.4. The van der Waals surface area contributed by atoms with Crippen molar-refractivity contribution >= 4 is 5.97 Å². The smallest absolute Gasteiger partial charge is 0.321 e. The molecule has 6 heteroatoms. The maximum Gasteiger partial charge on any atom is 0.321 e. The number of aromatic nitrogens is 3. The highest BCUT2D eigenvalue weighted by Crippen LogP contribution is 2.26. The lowest BCUT2D eigenvalue weighted by atomic mass is 9.94. The second kappa shape index (κ2) is 5.40. The Bertz CT molecular complexity index is 620. The molecule has 6 nitrogen and oxygen atoms in total. The van der Waals surface area contributed by atoms with E-state index >= 15 is 0 Å². The van der Waals surface area contributed by atoms with Crippen molar-refractivity contribution in [3.8, 4) is 11.4 Å². The van der Waals surface area contributed by atoms with Crippen molar-refractivity contribution in [2.45, 2.75) is 33.1 Å². The van der Waals surface area contributed by atoms with Gasteiger partial charge in [0.05, 0.1) is 6.61 Å². The van der Waals surface area contributed by atoms with Crippen LogP contribution in [0.5, 0.6) is 0 Å². The average Bonchev–Trinajstić information content (AvgIpc) is 2.89. The lowest BCUT2D eigenvalue weighted by molar-refractivity contribution is -0.149. The molecule has 0 radical (unpaired) electrons. The average molecular weight is 275 g/mol. The topological polar surface area (TPSA) is 78.1 Å². The van der Waals surface area contributed by atoms with E-state index in [1.54, 1.807) is 39.2 Å². The van der Waals surface area contributed by atoms with Gasteiger partial charge in [-0.25, -0.2) is 0 Å². The molecule has 0 unspecified atom stereocenters. The molecule has 0 atom stereocenters. The zero-order valence-corrected chi connectivity index (χ0v) is 12.0. The van der Waals surface area contributed by atoms with Gasteiger partial charge >= 0.3 is 5.97 Å². The minimum atomic E-state index is -0.970. The molecule has 0 aliphatic carbocycles. The van der Waals surface area contributed by atoms with Gasteiger partial charge in [0.1, 0.15) is 5.41 Å². The number of hydrogen-bond donors (Lipinski definition) is 0. The van der Waals surface area contributed by atoms with Gasteiger partial charge in [-0.3, -0.25) is 9.78 Å². The van der Waals surface area contributed by atoms with Gasteiger partial charge in [0.2, 0.25) is 11.7 Å². The number of aryl methyl sites for hydroxylation is 1. The molecule has 0 fully saturated rings. The first-order valence-electron chi connectivity index (χ1n) is 6.39. The Morgan fingerprint density at radius 2 is 2.20 bits per heavy atom. The number of carbonyl (C=O) groups is 1. The van der Waals surface area contributed by atoms with E-state index in [0.717, 1.165) is 11.1 Å². The Balaban J connectivity index is 2.34. The molecule has 0 amide bonds. The van der Waals surface area contributed by atoms with Gasteiger partial charge in [-0.1, -0.05) is 5.16 Å². The van der Waals surface area contributed by atoms with Crippen molar-refractivity contribution in [2.24, 2.45) is 0 Å². The maximum atomic E-state index is 11.9. The van der Waals surface area contributed by atoms with E-state index in [0.29, 0.717) is 12.4 Å². The number of carbonyl (C=O) groups excluding carboxylic acids is 1. The first-order valence-corrected chi connectivity index (χ1v) is 6.39. The molecule has 0 aromatic carbocycles. The lowest BCUT2D eigenvalue weighted by Gasteiger charge is -2.16. The van der Waals surface area contributed by atoms with E-state index in [1.807, 2.05) is 6.92 Å². The van der Waals surface area contributed by atoms with Crippen LogP contribution in [0.3, 0.4) is 0 Å². The van der Waals surface area contributed by atoms with Gasteiger partial charge in [0.15, 0.2) is 0 Å². The van der Waals surface area contributed by atoms with E-state index in [4.69, 9.17) is 9.26 Å². The molecular weight excluding hydrogens is 258 g/mol. The highest BCUT2D eigenvalue weighted by Gasteiger charge is 2.37. The molecule has 0 aliphatic heterocycles. The summed E-state index contributed by atoms with van der Waals surface area (Å²) in [7, 11) is 0. The van der Waals surface area contributed by atoms with Crippen molar-refractivity contribution in [1.82, 2.24) is 15.1 Å². The zero-order valence-electron chi connectivity index (χ0n) is 12.0. The molecule has 2 aromatic heterocycles. The van der Waals surface area contributed by atoms with Crippen molar-refractivity contribution in [1.29, 1.82) is 0 Å². The van der Waals surface area contributed by atoms with Gasteiger partial charge in [-0.05, 0) is 39.3 Å². The van der Waals surface area contributed by atoms with E-state index in [9.17, 15) is 4.79 Å². The number of hydrogen-bond acceptors (Lipinski definition) is 6. The molecule has 0 aliphatic rings. The molecule has 0 saturated carbocycles. The third kappa shape index (κ3) is 2.54. The van der Waals surface area contributed by atoms with Crippen LogP contribution in [0.25, 0.3) is 11.4 Å². The summed E-state index contributed by atoms with van der Waals surface area (Å²) < 4.78 is 10.2. The highest BCUT2D eigenvalue weighted by atomic mass is 16.5. The summed E-state index contributed by atoms with van der Waals surface area (Å²) in [6.45, 7) is 7.37. The van der Waals surface area contributed by atoms with Crippen LogP contribution in [-0.2, 0) is 14.9 Å². The third-order valence-corrected chi connectivity index (χ3v) is 3.01. The van der Waals surface area contributed by atoms with Gasteiger partial charge in [-0.2, -0.15) is 4.98 Å². The van der Waals surface area contributed by atoms with Gasteiger partial charge < -0.3 is 9.26 Å². The SMILES string of the molecule is CCOC(=O)C(C)(C)c1nc(-c2ccncc2C)no1. The molecule has 0 bridgehead atoms. The Kier molecular flexibility index (Phi) is 3.83. The summed E-state index contributed by atoms with van der Waals surface area (Å²) in [6.07, 6.45) is 3.39. The molecular formula is C14H17N3O3. The van der Waals surface area contributed by atoms with Crippen LogP contribution in [0.4, 0.5) is 0 Å². The Hall–Kier alpha value is -2.24. The van der Waals surface area contributed by atoms with Gasteiger partial charge in [-0.15, -0.1) is 0 Å². The summed E-state index contributed by atoms with van der Waals surface area (Å²) in [5.41, 5.74) is 0.797. The highest BCUT2D eigenvalue weighted by molar-refractivity contribution is 5.80. The Morgan fingerprint density at radius 1 is 1.45 bits per heavy atom. The maximum absolute atomic E-state index is 11.9. The molecule has 0 spiro atoms. The van der Waals surface area contributed by atoms with Gasteiger partial charge in [0.25, 0.3) is 0 Å². The lowest BCUT2D eigenvalue weighted by Crippen LogP contribution is -2.31. The zero-order chi connectivity index (χ0) is 14.8. The van der Waals surface area contributed by atoms with E-state index in [-0.39, 0.29) is 11.9 Å². The van der Waals surface area contributed by atoms with Crippen LogP contribution in [0.1, 0.15) is 32.2 Å². The van der Waals surface area contributed by atoms with Crippen molar-refractivity contribution in [3.05, 3.63) is 29.9 Å². The molecule has 0 saturated heterocycles. The number of pyridine rings is 1. The van der Waals surface area contributed by atoms with E-state index < -0.39 is 5.41 Å². The summed E-state index contributed by atoms with van der Waals surface area (Å²) in [5, 5.41) is 3.93.